The Balaban J connectivity index is 2.09. The average Bonchev–Trinajstić information content (AvgIpc) is 2.87. The molecular formula is C16H31NO. The first kappa shape index (κ1) is 15.7. The molecule has 0 heterocycles. The van der Waals surface area contributed by atoms with Gasteiger partial charge in [-0.05, 0) is 19.3 Å². The molecule has 0 radical (unpaired) electrons. The van der Waals surface area contributed by atoms with Crippen LogP contribution >= 0.6 is 0 Å². The second-order valence-corrected chi connectivity index (χ2v) is 5.99. The molecule has 18 heavy (non-hydrogen) atoms. The van der Waals surface area contributed by atoms with Gasteiger partial charge in [-0.3, -0.25) is 4.79 Å². The Hall–Kier alpha value is -0.370. The van der Waals surface area contributed by atoms with Gasteiger partial charge >= 0.3 is 0 Å². The molecule has 1 fully saturated rings. The van der Waals surface area contributed by atoms with Gasteiger partial charge in [-0.15, -0.1) is 0 Å². The SMILES string of the molecule is CCCCCCCCCC(=O)C1(CN)CCCC1. The highest BCUT2D eigenvalue weighted by molar-refractivity contribution is 5.85. The fourth-order valence-electron chi connectivity index (χ4n) is 3.16. The van der Waals surface area contributed by atoms with Crippen LogP contribution in [0.15, 0.2) is 0 Å². The van der Waals surface area contributed by atoms with Crippen molar-refractivity contribution in [3.63, 3.8) is 0 Å². The fraction of sp³-hybridized carbons (Fsp3) is 0.938. The van der Waals surface area contributed by atoms with Crippen LogP contribution in [0.25, 0.3) is 0 Å². The molecule has 1 aliphatic carbocycles. The molecule has 0 aliphatic heterocycles. The van der Waals surface area contributed by atoms with Gasteiger partial charge < -0.3 is 5.73 Å². The van der Waals surface area contributed by atoms with Crippen LogP contribution in [0.4, 0.5) is 0 Å². The van der Waals surface area contributed by atoms with Crippen LogP contribution < -0.4 is 5.73 Å². The zero-order valence-corrected chi connectivity index (χ0v) is 12.2. The lowest BCUT2D eigenvalue weighted by Crippen LogP contribution is -2.35. The molecule has 2 heteroatoms. The van der Waals surface area contributed by atoms with E-state index >= 15 is 0 Å². The second-order valence-electron chi connectivity index (χ2n) is 5.99. The highest BCUT2D eigenvalue weighted by Gasteiger charge is 2.38. The Bertz CT molecular complexity index is 231. The molecule has 0 saturated heterocycles. The minimum Gasteiger partial charge on any atom is -0.329 e. The topological polar surface area (TPSA) is 43.1 Å². The van der Waals surface area contributed by atoms with Crippen LogP contribution in [0.1, 0.15) is 84.0 Å². The summed E-state index contributed by atoms with van der Waals surface area (Å²) in [5.41, 5.74) is 5.71. The van der Waals surface area contributed by atoms with Crippen molar-refractivity contribution in [1.82, 2.24) is 0 Å². The molecule has 2 nitrogen and oxygen atoms in total. The van der Waals surface area contributed by atoms with Gasteiger partial charge in [-0.1, -0.05) is 58.3 Å². The van der Waals surface area contributed by atoms with E-state index in [1.54, 1.807) is 0 Å². The van der Waals surface area contributed by atoms with E-state index < -0.39 is 0 Å². The molecule has 1 aliphatic rings. The summed E-state index contributed by atoms with van der Waals surface area (Å²) in [6, 6.07) is 0. The summed E-state index contributed by atoms with van der Waals surface area (Å²) in [6.45, 7) is 2.81. The molecule has 0 unspecified atom stereocenters. The van der Waals surface area contributed by atoms with Crippen molar-refractivity contribution < 1.29 is 4.79 Å². The van der Waals surface area contributed by atoms with Crippen molar-refractivity contribution in [2.45, 2.75) is 84.0 Å². The normalized spacial score (nSPS) is 18.1. The summed E-state index contributed by atoms with van der Waals surface area (Å²) in [6.07, 6.45) is 14.2. The van der Waals surface area contributed by atoms with Crippen molar-refractivity contribution in [2.75, 3.05) is 6.54 Å². The van der Waals surface area contributed by atoms with Crippen molar-refractivity contribution in [3.05, 3.63) is 0 Å². The van der Waals surface area contributed by atoms with Gasteiger partial charge in [0.2, 0.25) is 0 Å². The standard InChI is InChI=1S/C16H31NO/c1-2-3-4-5-6-7-8-11-15(18)16(14-17)12-9-10-13-16/h2-14,17H2,1H3. The average molecular weight is 253 g/mol. The largest absolute Gasteiger partial charge is 0.329 e. The predicted octanol–water partition coefficient (Wildman–Crippen LogP) is 4.22. The number of hydrogen-bond acceptors (Lipinski definition) is 2. The van der Waals surface area contributed by atoms with Crippen molar-refractivity contribution in [3.8, 4) is 0 Å². The van der Waals surface area contributed by atoms with E-state index in [2.05, 4.69) is 6.92 Å². The summed E-state index contributed by atoms with van der Waals surface area (Å²) in [7, 11) is 0. The quantitative estimate of drug-likeness (QED) is 0.592. The van der Waals surface area contributed by atoms with Crippen molar-refractivity contribution >= 4 is 5.78 Å². The number of unbranched alkanes of at least 4 members (excludes halogenated alkanes) is 6. The molecule has 1 rings (SSSR count). The van der Waals surface area contributed by atoms with E-state index in [1.807, 2.05) is 0 Å². The van der Waals surface area contributed by atoms with Gasteiger partial charge in [0, 0.05) is 18.4 Å². The predicted molar refractivity (Wildman–Crippen MR) is 77.6 cm³/mol. The Kier molecular flexibility index (Phi) is 7.57. The Morgan fingerprint density at radius 3 is 2.11 bits per heavy atom. The summed E-state index contributed by atoms with van der Waals surface area (Å²) < 4.78 is 0. The maximum Gasteiger partial charge on any atom is 0.140 e. The van der Waals surface area contributed by atoms with E-state index in [0.717, 1.165) is 25.7 Å². The lowest BCUT2D eigenvalue weighted by molar-refractivity contribution is -0.128. The first-order valence-electron chi connectivity index (χ1n) is 7.98. The van der Waals surface area contributed by atoms with Gasteiger partial charge in [-0.25, -0.2) is 0 Å². The second kappa shape index (κ2) is 8.68. The molecule has 0 amide bonds. The molecule has 106 valence electrons. The van der Waals surface area contributed by atoms with Crippen LogP contribution in [0.5, 0.6) is 0 Å². The fourth-order valence-corrected chi connectivity index (χ4v) is 3.16. The van der Waals surface area contributed by atoms with Gasteiger partial charge in [0.05, 0.1) is 0 Å². The molecule has 0 aromatic rings. The Morgan fingerprint density at radius 1 is 1.00 bits per heavy atom. The summed E-state index contributed by atoms with van der Waals surface area (Å²) in [5, 5.41) is 0. The van der Waals surface area contributed by atoms with E-state index in [-0.39, 0.29) is 5.41 Å². The van der Waals surface area contributed by atoms with Crippen LogP contribution in [0.2, 0.25) is 0 Å². The molecule has 1 saturated carbocycles. The van der Waals surface area contributed by atoms with Crippen LogP contribution in [-0.2, 0) is 4.79 Å². The minimum atomic E-state index is -0.123. The molecular weight excluding hydrogens is 222 g/mol. The monoisotopic (exact) mass is 253 g/mol. The lowest BCUT2D eigenvalue weighted by atomic mass is 9.79. The van der Waals surface area contributed by atoms with Crippen molar-refractivity contribution in [2.24, 2.45) is 11.1 Å². The van der Waals surface area contributed by atoms with E-state index in [0.29, 0.717) is 12.3 Å². The minimum absolute atomic E-state index is 0.123. The molecule has 0 atom stereocenters. The van der Waals surface area contributed by atoms with Gasteiger partial charge in [0.1, 0.15) is 5.78 Å². The number of carbonyl (C=O) groups is 1. The van der Waals surface area contributed by atoms with Gasteiger partial charge in [0.15, 0.2) is 0 Å². The first-order chi connectivity index (χ1) is 8.75. The number of Topliss-reactive ketones (excluding diaryl/α,β-unsaturated/α-hetero) is 1. The van der Waals surface area contributed by atoms with Crippen molar-refractivity contribution in [1.29, 1.82) is 0 Å². The zero-order valence-electron chi connectivity index (χ0n) is 12.2. The lowest BCUT2D eigenvalue weighted by Gasteiger charge is -2.25. The molecule has 0 aromatic carbocycles. The van der Waals surface area contributed by atoms with Crippen LogP contribution in [-0.4, -0.2) is 12.3 Å². The maximum atomic E-state index is 12.3. The van der Waals surface area contributed by atoms with E-state index in [9.17, 15) is 4.79 Å². The summed E-state index contributed by atoms with van der Waals surface area (Å²) in [4.78, 5) is 12.3. The first-order valence-corrected chi connectivity index (χ1v) is 7.98. The third-order valence-electron chi connectivity index (χ3n) is 4.55. The molecule has 0 bridgehead atoms. The number of hydrogen-bond donors (Lipinski definition) is 1. The highest BCUT2D eigenvalue weighted by atomic mass is 16.1. The number of ketones is 1. The third-order valence-corrected chi connectivity index (χ3v) is 4.55. The number of nitrogens with two attached hydrogens (primary N) is 1. The van der Waals surface area contributed by atoms with Crippen LogP contribution in [0.3, 0.4) is 0 Å². The Morgan fingerprint density at radius 2 is 1.56 bits per heavy atom. The van der Waals surface area contributed by atoms with E-state index in [4.69, 9.17) is 5.73 Å². The number of carbonyl (C=O) groups excluding carboxylic acids is 1. The number of rotatable bonds is 10. The highest BCUT2D eigenvalue weighted by Crippen LogP contribution is 2.39. The van der Waals surface area contributed by atoms with E-state index in [1.165, 1.54) is 51.4 Å². The maximum absolute atomic E-state index is 12.3. The van der Waals surface area contributed by atoms with Gasteiger partial charge in [0.25, 0.3) is 0 Å². The molecule has 0 aromatic heterocycles. The third kappa shape index (κ3) is 4.72. The van der Waals surface area contributed by atoms with Crippen LogP contribution in [0, 0.1) is 5.41 Å². The Labute approximate surface area is 113 Å². The smallest absolute Gasteiger partial charge is 0.140 e. The summed E-state index contributed by atoms with van der Waals surface area (Å²) in [5.74, 6) is 0.455. The zero-order chi connectivity index (χ0) is 13.3. The van der Waals surface area contributed by atoms with Gasteiger partial charge in [-0.2, -0.15) is 0 Å². The molecule has 0 spiro atoms. The summed E-state index contributed by atoms with van der Waals surface area (Å²) >= 11 is 0. The molecule has 2 N–H and O–H groups in total.